The molecule has 1 unspecified atom stereocenters. The third kappa shape index (κ3) is 2.72. The second-order valence-electron chi connectivity index (χ2n) is 4.63. The Labute approximate surface area is 117 Å². The Morgan fingerprint density at radius 2 is 2.22 bits per heavy atom. The van der Waals surface area contributed by atoms with Crippen LogP contribution in [0.5, 0.6) is 0 Å². The lowest BCUT2D eigenvalue weighted by atomic mass is 10.2. The Hall–Kier alpha value is -0.140. The van der Waals surface area contributed by atoms with Gasteiger partial charge in [0.05, 0.1) is 0 Å². The average molecular weight is 309 g/mol. The number of likely N-dealkylation sites (N-methyl/N-ethyl adjacent to an activating group) is 1. The molecule has 1 aliphatic heterocycles. The number of halogens is 1. The molecule has 2 heterocycles. The molecule has 1 aromatic rings. The van der Waals surface area contributed by atoms with E-state index in [1.807, 2.05) is 14.0 Å². The maximum atomic E-state index is 12.5. The van der Waals surface area contributed by atoms with Crippen LogP contribution in [0.4, 0.5) is 0 Å². The highest BCUT2D eigenvalue weighted by molar-refractivity contribution is 7.91. The van der Waals surface area contributed by atoms with Crippen molar-refractivity contribution in [3.05, 3.63) is 17.0 Å². The molecule has 0 amide bonds. The molecule has 2 rings (SSSR count). The lowest BCUT2D eigenvalue weighted by Gasteiger charge is -2.36. The van der Waals surface area contributed by atoms with Crippen molar-refractivity contribution in [1.82, 2.24) is 9.21 Å². The smallest absolute Gasteiger partial charge is 0.252 e. The maximum Gasteiger partial charge on any atom is 0.252 e. The second kappa shape index (κ2) is 5.46. The molecule has 0 saturated carbocycles. The fourth-order valence-electron chi connectivity index (χ4n) is 2.15. The van der Waals surface area contributed by atoms with Gasteiger partial charge in [0.2, 0.25) is 0 Å². The molecule has 1 fully saturated rings. The number of sulfonamides is 1. The van der Waals surface area contributed by atoms with Crippen LogP contribution >= 0.6 is 22.9 Å². The predicted molar refractivity (Wildman–Crippen MR) is 74.7 cm³/mol. The first-order valence-corrected chi connectivity index (χ1v) is 8.64. The molecule has 7 heteroatoms. The Morgan fingerprint density at radius 1 is 1.50 bits per heavy atom. The van der Waals surface area contributed by atoms with Crippen molar-refractivity contribution >= 4 is 33.0 Å². The maximum absolute atomic E-state index is 12.5. The fourth-order valence-corrected chi connectivity index (χ4v) is 5.35. The first kappa shape index (κ1) is 14.3. The van der Waals surface area contributed by atoms with E-state index in [9.17, 15) is 8.42 Å². The van der Waals surface area contributed by atoms with Crippen LogP contribution in [0.25, 0.3) is 0 Å². The van der Waals surface area contributed by atoms with Crippen molar-refractivity contribution in [1.29, 1.82) is 0 Å². The molecule has 0 bridgehead atoms. The van der Waals surface area contributed by atoms with Gasteiger partial charge < -0.3 is 4.90 Å². The van der Waals surface area contributed by atoms with Crippen LogP contribution < -0.4 is 0 Å². The normalized spacial score (nSPS) is 23.4. The Bertz CT molecular complexity index is 515. The number of alkyl halides is 1. The molecule has 4 nitrogen and oxygen atoms in total. The molecule has 1 saturated heterocycles. The van der Waals surface area contributed by atoms with E-state index in [0.717, 1.165) is 18.7 Å². The molecule has 1 aliphatic rings. The molecule has 0 aliphatic carbocycles. The molecule has 0 radical (unpaired) electrons. The van der Waals surface area contributed by atoms with Gasteiger partial charge in [-0.1, -0.05) is 0 Å². The van der Waals surface area contributed by atoms with Gasteiger partial charge in [0.25, 0.3) is 10.0 Å². The van der Waals surface area contributed by atoms with E-state index >= 15 is 0 Å². The van der Waals surface area contributed by atoms with Crippen LogP contribution in [0.1, 0.15) is 12.5 Å². The highest BCUT2D eigenvalue weighted by Gasteiger charge is 2.33. The minimum absolute atomic E-state index is 0.00954. The van der Waals surface area contributed by atoms with Crippen LogP contribution in [0.2, 0.25) is 0 Å². The first-order chi connectivity index (χ1) is 8.45. The van der Waals surface area contributed by atoms with Crippen molar-refractivity contribution in [2.45, 2.75) is 23.1 Å². The third-order valence-corrected chi connectivity index (χ3v) is 6.90. The number of rotatable bonds is 3. The predicted octanol–water partition coefficient (Wildman–Crippen LogP) is 1.81. The van der Waals surface area contributed by atoms with Gasteiger partial charge in [0.15, 0.2) is 0 Å². The van der Waals surface area contributed by atoms with E-state index in [-0.39, 0.29) is 6.04 Å². The standard InChI is InChI=1S/C11H17ClN2O2S2/c1-9-7-13(2)3-4-14(9)18(15,16)11-5-10(6-12)8-17-11/h5,8-9H,3-4,6-7H2,1-2H3. The van der Waals surface area contributed by atoms with Crippen molar-refractivity contribution in [2.75, 3.05) is 26.7 Å². The van der Waals surface area contributed by atoms with Crippen molar-refractivity contribution in [2.24, 2.45) is 0 Å². The highest BCUT2D eigenvalue weighted by atomic mass is 35.5. The third-order valence-electron chi connectivity index (χ3n) is 3.12. The van der Waals surface area contributed by atoms with Crippen LogP contribution in [-0.4, -0.2) is 50.3 Å². The molecule has 1 atom stereocenters. The minimum atomic E-state index is -3.36. The van der Waals surface area contributed by atoms with Gasteiger partial charge >= 0.3 is 0 Å². The Morgan fingerprint density at radius 3 is 2.78 bits per heavy atom. The summed E-state index contributed by atoms with van der Waals surface area (Å²) in [6.07, 6.45) is 0. The zero-order valence-corrected chi connectivity index (χ0v) is 12.9. The monoisotopic (exact) mass is 308 g/mol. The molecular weight excluding hydrogens is 292 g/mol. The molecule has 0 aromatic carbocycles. The lowest BCUT2D eigenvalue weighted by Crippen LogP contribution is -2.52. The first-order valence-electron chi connectivity index (χ1n) is 5.79. The van der Waals surface area contributed by atoms with Crippen LogP contribution in [-0.2, 0) is 15.9 Å². The van der Waals surface area contributed by atoms with E-state index in [1.54, 1.807) is 15.8 Å². The van der Waals surface area contributed by atoms with Gasteiger partial charge in [-0.05, 0) is 31.0 Å². The number of hydrogen-bond acceptors (Lipinski definition) is 4. The molecular formula is C11H17ClN2O2S2. The van der Waals surface area contributed by atoms with Crippen LogP contribution in [0, 0.1) is 0 Å². The number of hydrogen-bond donors (Lipinski definition) is 0. The second-order valence-corrected chi connectivity index (χ2v) is 7.93. The number of thiophene rings is 1. The lowest BCUT2D eigenvalue weighted by molar-refractivity contribution is 0.170. The molecule has 1 aromatic heterocycles. The van der Waals surface area contributed by atoms with E-state index in [1.165, 1.54) is 11.3 Å². The summed E-state index contributed by atoms with van der Waals surface area (Å²) in [5.74, 6) is 0.351. The van der Waals surface area contributed by atoms with Gasteiger partial charge in [-0.25, -0.2) is 8.42 Å². The quantitative estimate of drug-likeness (QED) is 0.800. The van der Waals surface area contributed by atoms with E-state index < -0.39 is 10.0 Å². The Balaban J connectivity index is 2.25. The number of piperazine rings is 1. The highest BCUT2D eigenvalue weighted by Crippen LogP contribution is 2.27. The summed E-state index contributed by atoms with van der Waals surface area (Å²) in [6, 6.07) is 1.69. The van der Waals surface area contributed by atoms with Crippen molar-refractivity contribution in [3.63, 3.8) is 0 Å². The summed E-state index contributed by atoms with van der Waals surface area (Å²) < 4.78 is 27.0. The van der Waals surface area contributed by atoms with E-state index in [2.05, 4.69) is 4.90 Å². The average Bonchev–Trinajstić information content (AvgIpc) is 2.77. The summed E-state index contributed by atoms with van der Waals surface area (Å²) in [7, 11) is -1.35. The molecule has 0 spiro atoms. The molecule has 102 valence electrons. The minimum Gasteiger partial charge on any atom is -0.303 e. The SMILES string of the molecule is CC1CN(C)CCN1S(=O)(=O)c1cc(CCl)cs1. The zero-order chi connectivity index (χ0) is 13.3. The van der Waals surface area contributed by atoms with Gasteiger partial charge in [-0.15, -0.1) is 22.9 Å². The van der Waals surface area contributed by atoms with Crippen LogP contribution in [0.3, 0.4) is 0 Å². The van der Waals surface area contributed by atoms with E-state index in [4.69, 9.17) is 11.6 Å². The summed E-state index contributed by atoms with van der Waals surface area (Å²) >= 11 is 6.97. The van der Waals surface area contributed by atoms with Gasteiger partial charge in [0.1, 0.15) is 4.21 Å². The summed E-state index contributed by atoms with van der Waals surface area (Å²) in [6.45, 7) is 4.04. The summed E-state index contributed by atoms with van der Waals surface area (Å²) in [5.41, 5.74) is 0.863. The Kier molecular flexibility index (Phi) is 4.33. The van der Waals surface area contributed by atoms with E-state index in [0.29, 0.717) is 16.6 Å². The summed E-state index contributed by atoms with van der Waals surface area (Å²) in [4.78, 5) is 2.15. The van der Waals surface area contributed by atoms with Gasteiger partial charge in [0, 0.05) is 31.6 Å². The van der Waals surface area contributed by atoms with Gasteiger partial charge in [-0.2, -0.15) is 4.31 Å². The number of nitrogens with zero attached hydrogens (tertiary/aromatic N) is 2. The molecule has 0 N–H and O–H groups in total. The summed E-state index contributed by atoms with van der Waals surface area (Å²) in [5, 5.41) is 1.81. The fraction of sp³-hybridized carbons (Fsp3) is 0.636. The van der Waals surface area contributed by atoms with Crippen molar-refractivity contribution in [3.8, 4) is 0 Å². The van der Waals surface area contributed by atoms with Crippen molar-refractivity contribution < 1.29 is 8.42 Å². The molecule has 18 heavy (non-hydrogen) atoms. The van der Waals surface area contributed by atoms with Gasteiger partial charge in [-0.3, -0.25) is 0 Å². The topological polar surface area (TPSA) is 40.6 Å². The zero-order valence-electron chi connectivity index (χ0n) is 10.5. The largest absolute Gasteiger partial charge is 0.303 e. The van der Waals surface area contributed by atoms with Crippen LogP contribution in [0.15, 0.2) is 15.7 Å².